The fraction of sp³-hybridized carbons (Fsp3) is 0.143. The van der Waals surface area contributed by atoms with Crippen LogP contribution in [0.2, 0.25) is 0 Å². The molecular weight excluding hydrogens is 399 g/mol. The first-order chi connectivity index (χ1) is 15.0. The number of pyridine rings is 1. The number of nitrogens with two attached hydrogens (primary N) is 1. The molecule has 0 atom stereocenters. The Morgan fingerprint density at radius 3 is 2.77 bits per heavy atom. The molecule has 0 bridgehead atoms. The number of ether oxygens (including phenoxy) is 1. The SMILES string of the molecule is COCc1cccc(CN/C=C(\N=N)c2cc(-c3cccc(C#N)c3F)nc(N)n2)n1. The van der Waals surface area contributed by atoms with Gasteiger partial charge in [0.25, 0.3) is 0 Å². The zero-order valence-corrected chi connectivity index (χ0v) is 16.6. The molecule has 0 saturated carbocycles. The number of nitrogens with zero attached hydrogens (tertiary/aromatic N) is 5. The van der Waals surface area contributed by atoms with Crippen molar-refractivity contribution in [2.45, 2.75) is 13.2 Å². The quantitative estimate of drug-likeness (QED) is 0.475. The summed E-state index contributed by atoms with van der Waals surface area (Å²) in [4.78, 5) is 12.6. The molecule has 4 N–H and O–H groups in total. The Morgan fingerprint density at radius 2 is 2.03 bits per heavy atom. The van der Waals surface area contributed by atoms with E-state index in [0.717, 1.165) is 11.4 Å². The van der Waals surface area contributed by atoms with Crippen molar-refractivity contribution in [2.75, 3.05) is 12.8 Å². The topological polar surface area (TPSA) is 146 Å². The lowest BCUT2D eigenvalue weighted by molar-refractivity contribution is 0.181. The third-order valence-corrected chi connectivity index (χ3v) is 4.20. The number of hydrogen-bond donors (Lipinski definition) is 3. The van der Waals surface area contributed by atoms with E-state index in [1.165, 1.54) is 24.4 Å². The second-order valence-corrected chi connectivity index (χ2v) is 6.35. The molecule has 0 fully saturated rings. The maximum atomic E-state index is 14.6. The fourth-order valence-corrected chi connectivity index (χ4v) is 2.82. The van der Waals surface area contributed by atoms with Crippen LogP contribution in [0.25, 0.3) is 17.0 Å². The summed E-state index contributed by atoms with van der Waals surface area (Å²) in [5.74, 6) is -0.819. The molecule has 9 nitrogen and oxygen atoms in total. The van der Waals surface area contributed by atoms with Crippen LogP contribution in [0.3, 0.4) is 0 Å². The van der Waals surface area contributed by atoms with Crippen LogP contribution in [0.5, 0.6) is 0 Å². The van der Waals surface area contributed by atoms with Gasteiger partial charge in [-0.25, -0.2) is 19.9 Å². The van der Waals surface area contributed by atoms with Crippen LogP contribution in [-0.4, -0.2) is 22.1 Å². The molecule has 3 rings (SSSR count). The van der Waals surface area contributed by atoms with Crippen molar-refractivity contribution in [1.82, 2.24) is 20.3 Å². The van der Waals surface area contributed by atoms with Crippen molar-refractivity contribution >= 4 is 11.6 Å². The van der Waals surface area contributed by atoms with E-state index in [0.29, 0.717) is 13.2 Å². The molecule has 31 heavy (non-hydrogen) atoms. The fourth-order valence-electron chi connectivity index (χ4n) is 2.82. The molecule has 0 radical (unpaired) electrons. The van der Waals surface area contributed by atoms with Gasteiger partial charge in [-0.3, -0.25) is 4.98 Å². The summed E-state index contributed by atoms with van der Waals surface area (Å²) >= 11 is 0. The van der Waals surface area contributed by atoms with Crippen LogP contribution in [0, 0.1) is 22.7 Å². The molecule has 0 saturated heterocycles. The molecule has 1 aromatic carbocycles. The van der Waals surface area contributed by atoms with E-state index in [4.69, 9.17) is 21.3 Å². The molecule has 0 aliphatic heterocycles. The van der Waals surface area contributed by atoms with Gasteiger partial charge in [-0.05, 0) is 30.3 Å². The Kier molecular flexibility index (Phi) is 6.93. The summed E-state index contributed by atoms with van der Waals surface area (Å²) in [5.41, 5.74) is 15.4. The minimum atomic E-state index is -0.706. The predicted octanol–water partition coefficient (Wildman–Crippen LogP) is 3.40. The number of aromatic nitrogens is 3. The first-order valence-corrected chi connectivity index (χ1v) is 9.14. The number of nitriles is 1. The number of methoxy groups -OCH3 is 1. The maximum Gasteiger partial charge on any atom is 0.221 e. The molecular formula is C21H19FN8O. The highest BCUT2D eigenvalue weighted by molar-refractivity contribution is 5.69. The standard InChI is InChI=1S/C21H19FN8O/c1-31-12-15-6-3-5-14(27-15)10-26-11-19(30-25)18-8-17(28-21(24)29-18)16-7-2-4-13(9-23)20(16)22/h2-8,11,25-26H,10,12H2,1H3,(H2,24,28,29)/b19-11-,30-25?. The summed E-state index contributed by atoms with van der Waals surface area (Å²) in [6.45, 7) is 0.784. The highest BCUT2D eigenvalue weighted by atomic mass is 19.1. The largest absolute Gasteiger partial charge is 0.383 e. The van der Waals surface area contributed by atoms with Crippen LogP contribution < -0.4 is 11.1 Å². The van der Waals surface area contributed by atoms with Gasteiger partial charge in [-0.1, -0.05) is 12.1 Å². The summed E-state index contributed by atoms with van der Waals surface area (Å²) in [6.07, 6.45) is 1.49. The summed E-state index contributed by atoms with van der Waals surface area (Å²) in [5, 5.41) is 15.6. The molecule has 10 heteroatoms. The smallest absolute Gasteiger partial charge is 0.221 e. The van der Waals surface area contributed by atoms with Gasteiger partial charge in [0.1, 0.15) is 17.6 Å². The predicted molar refractivity (Wildman–Crippen MR) is 111 cm³/mol. The van der Waals surface area contributed by atoms with Crippen LogP contribution in [0.1, 0.15) is 22.6 Å². The number of nitrogens with one attached hydrogen (secondary N) is 2. The monoisotopic (exact) mass is 418 g/mol. The van der Waals surface area contributed by atoms with Crippen LogP contribution in [0.4, 0.5) is 10.3 Å². The number of benzene rings is 1. The number of halogens is 1. The highest BCUT2D eigenvalue weighted by Crippen LogP contribution is 2.26. The van der Waals surface area contributed by atoms with Crippen molar-refractivity contribution in [2.24, 2.45) is 5.11 Å². The summed E-state index contributed by atoms with van der Waals surface area (Å²) < 4.78 is 19.6. The Bertz CT molecular complexity index is 1170. The Balaban J connectivity index is 1.86. The van der Waals surface area contributed by atoms with Gasteiger partial charge in [0.15, 0.2) is 0 Å². The lowest BCUT2D eigenvalue weighted by atomic mass is 10.1. The Hall–Kier alpha value is -4.23. The van der Waals surface area contributed by atoms with Gasteiger partial charge in [-0.15, -0.1) is 0 Å². The van der Waals surface area contributed by atoms with Gasteiger partial charge in [0.05, 0.1) is 41.5 Å². The number of hydrogen-bond acceptors (Lipinski definition) is 9. The Morgan fingerprint density at radius 1 is 1.26 bits per heavy atom. The molecule has 0 aliphatic carbocycles. The summed E-state index contributed by atoms with van der Waals surface area (Å²) in [6, 6.07) is 13.2. The van der Waals surface area contributed by atoms with Crippen molar-refractivity contribution in [3.8, 4) is 17.3 Å². The van der Waals surface area contributed by atoms with Gasteiger partial charge in [-0.2, -0.15) is 10.4 Å². The minimum Gasteiger partial charge on any atom is -0.383 e. The van der Waals surface area contributed by atoms with Gasteiger partial charge >= 0.3 is 0 Å². The maximum absolute atomic E-state index is 14.6. The normalized spacial score (nSPS) is 11.1. The van der Waals surface area contributed by atoms with Crippen molar-refractivity contribution in [3.63, 3.8) is 0 Å². The van der Waals surface area contributed by atoms with E-state index < -0.39 is 5.82 Å². The second-order valence-electron chi connectivity index (χ2n) is 6.35. The van der Waals surface area contributed by atoms with Crippen molar-refractivity contribution in [3.05, 3.63) is 77.1 Å². The van der Waals surface area contributed by atoms with E-state index in [9.17, 15) is 4.39 Å². The lowest BCUT2D eigenvalue weighted by Gasteiger charge is -2.08. The number of nitrogen functional groups attached to an aromatic ring is 1. The van der Waals surface area contributed by atoms with Gasteiger partial charge < -0.3 is 15.8 Å². The molecule has 0 spiro atoms. The van der Waals surface area contributed by atoms with E-state index in [1.54, 1.807) is 19.2 Å². The van der Waals surface area contributed by atoms with E-state index in [1.807, 2.05) is 18.2 Å². The van der Waals surface area contributed by atoms with E-state index in [2.05, 4.69) is 25.4 Å². The highest BCUT2D eigenvalue weighted by Gasteiger charge is 2.14. The second kappa shape index (κ2) is 10.00. The van der Waals surface area contributed by atoms with Gasteiger partial charge in [0, 0.05) is 18.9 Å². The van der Waals surface area contributed by atoms with Crippen molar-refractivity contribution in [1.29, 1.82) is 10.8 Å². The average Bonchev–Trinajstić information content (AvgIpc) is 2.77. The molecule has 2 heterocycles. The molecule has 0 amide bonds. The lowest BCUT2D eigenvalue weighted by Crippen LogP contribution is -2.09. The first kappa shape index (κ1) is 21.5. The molecule has 2 aromatic heterocycles. The zero-order valence-electron chi connectivity index (χ0n) is 16.6. The minimum absolute atomic E-state index is 0.103. The van der Waals surface area contributed by atoms with Crippen molar-refractivity contribution < 1.29 is 9.13 Å². The summed E-state index contributed by atoms with van der Waals surface area (Å²) in [7, 11) is 1.60. The van der Waals surface area contributed by atoms with Crippen LogP contribution in [-0.2, 0) is 17.9 Å². The van der Waals surface area contributed by atoms with Crippen LogP contribution >= 0.6 is 0 Å². The van der Waals surface area contributed by atoms with Crippen LogP contribution in [0.15, 0.2) is 53.8 Å². The third-order valence-electron chi connectivity index (χ3n) is 4.20. The molecule has 0 aliphatic rings. The third kappa shape index (κ3) is 5.23. The number of rotatable bonds is 8. The molecule has 3 aromatic rings. The Labute approximate surface area is 178 Å². The first-order valence-electron chi connectivity index (χ1n) is 9.14. The zero-order chi connectivity index (χ0) is 22.2. The molecule has 156 valence electrons. The number of anilines is 1. The van der Waals surface area contributed by atoms with E-state index >= 15 is 0 Å². The molecule has 0 unspecified atom stereocenters. The van der Waals surface area contributed by atoms with Gasteiger partial charge in [0.2, 0.25) is 5.95 Å². The van der Waals surface area contributed by atoms with E-state index in [-0.39, 0.29) is 34.2 Å². The average molecular weight is 418 g/mol.